The van der Waals surface area contributed by atoms with Crippen LogP contribution in [0.4, 0.5) is 0 Å². The Morgan fingerprint density at radius 3 is 2.84 bits per heavy atom. The molecule has 1 aliphatic carbocycles. The smallest absolute Gasteiger partial charge is 0.0762 e. The van der Waals surface area contributed by atoms with Gasteiger partial charge in [0.15, 0.2) is 0 Å². The van der Waals surface area contributed by atoms with Crippen molar-refractivity contribution in [3.05, 3.63) is 18.0 Å². The number of aliphatic hydroxyl groups excluding tert-OH is 1. The van der Waals surface area contributed by atoms with Crippen LogP contribution in [-0.2, 0) is 6.54 Å². The summed E-state index contributed by atoms with van der Waals surface area (Å²) in [7, 11) is 0. The molecular weight excluding hydrogens is 238 g/mol. The number of aromatic nitrogens is 2. The lowest BCUT2D eigenvalue weighted by molar-refractivity contribution is 0.128. The lowest BCUT2D eigenvalue weighted by atomic mass is 9.87. The Morgan fingerprint density at radius 2 is 2.21 bits per heavy atom. The highest BCUT2D eigenvalue weighted by atomic mass is 16.3. The minimum absolute atomic E-state index is 0.124. The molecule has 0 aliphatic heterocycles. The fourth-order valence-corrected chi connectivity index (χ4v) is 2.88. The van der Waals surface area contributed by atoms with Gasteiger partial charge in [0.25, 0.3) is 0 Å². The Kier molecular flexibility index (Phi) is 4.99. The first-order chi connectivity index (χ1) is 9.19. The molecule has 2 N–H and O–H groups in total. The average molecular weight is 265 g/mol. The summed E-state index contributed by atoms with van der Waals surface area (Å²) in [6, 6.07) is 2.55. The molecule has 0 saturated heterocycles. The van der Waals surface area contributed by atoms with E-state index in [0.29, 0.717) is 12.6 Å². The van der Waals surface area contributed by atoms with Crippen molar-refractivity contribution in [1.29, 1.82) is 0 Å². The Hall–Kier alpha value is -0.870. The van der Waals surface area contributed by atoms with Gasteiger partial charge in [-0.1, -0.05) is 19.8 Å². The van der Waals surface area contributed by atoms with Crippen molar-refractivity contribution in [2.75, 3.05) is 13.2 Å². The van der Waals surface area contributed by atoms with Gasteiger partial charge in [0, 0.05) is 37.4 Å². The van der Waals surface area contributed by atoms with Crippen molar-refractivity contribution < 1.29 is 5.11 Å². The number of hydrogen-bond acceptors (Lipinski definition) is 3. The summed E-state index contributed by atoms with van der Waals surface area (Å²) < 4.78 is 2.04. The molecule has 0 aromatic carbocycles. The third-order valence-corrected chi connectivity index (χ3v) is 4.51. The van der Waals surface area contributed by atoms with Crippen LogP contribution < -0.4 is 5.32 Å². The summed E-state index contributed by atoms with van der Waals surface area (Å²) >= 11 is 0. The van der Waals surface area contributed by atoms with Gasteiger partial charge in [0.05, 0.1) is 5.69 Å². The van der Waals surface area contributed by atoms with Crippen LogP contribution in [0.1, 0.15) is 57.7 Å². The molecule has 1 aromatic rings. The SMILES string of the molecule is CCC(C)n1ccc(CNCC2(CO)CCCC2)n1. The second kappa shape index (κ2) is 6.53. The van der Waals surface area contributed by atoms with E-state index in [4.69, 9.17) is 0 Å². The molecule has 0 amide bonds. The topological polar surface area (TPSA) is 50.1 Å². The molecule has 0 bridgehead atoms. The third kappa shape index (κ3) is 3.57. The monoisotopic (exact) mass is 265 g/mol. The van der Waals surface area contributed by atoms with Crippen molar-refractivity contribution in [1.82, 2.24) is 15.1 Å². The normalized spacial score (nSPS) is 19.7. The molecule has 0 spiro atoms. The second-order valence-corrected chi connectivity index (χ2v) is 6.01. The molecule has 1 heterocycles. The zero-order valence-corrected chi connectivity index (χ0v) is 12.2. The van der Waals surface area contributed by atoms with Crippen LogP contribution in [0.15, 0.2) is 12.3 Å². The number of rotatable bonds is 7. The quantitative estimate of drug-likeness (QED) is 0.796. The van der Waals surface area contributed by atoms with E-state index < -0.39 is 0 Å². The summed E-state index contributed by atoms with van der Waals surface area (Å²) in [5.74, 6) is 0. The van der Waals surface area contributed by atoms with E-state index in [1.807, 2.05) is 4.68 Å². The molecule has 108 valence electrons. The van der Waals surface area contributed by atoms with Crippen LogP contribution >= 0.6 is 0 Å². The van der Waals surface area contributed by atoms with Crippen LogP contribution in [0.5, 0.6) is 0 Å². The van der Waals surface area contributed by atoms with E-state index in [0.717, 1.165) is 38.0 Å². The van der Waals surface area contributed by atoms with Crippen LogP contribution in [0, 0.1) is 5.41 Å². The zero-order chi connectivity index (χ0) is 13.7. The first kappa shape index (κ1) is 14.5. The van der Waals surface area contributed by atoms with Crippen LogP contribution in [0.25, 0.3) is 0 Å². The maximum Gasteiger partial charge on any atom is 0.0762 e. The van der Waals surface area contributed by atoms with Gasteiger partial charge in [0.2, 0.25) is 0 Å². The maximum atomic E-state index is 9.56. The zero-order valence-electron chi connectivity index (χ0n) is 12.2. The van der Waals surface area contributed by atoms with Gasteiger partial charge in [-0.15, -0.1) is 0 Å². The van der Waals surface area contributed by atoms with Gasteiger partial charge >= 0.3 is 0 Å². The minimum atomic E-state index is 0.124. The van der Waals surface area contributed by atoms with E-state index in [1.165, 1.54) is 12.8 Å². The van der Waals surface area contributed by atoms with Gasteiger partial charge in [-0.2, -0.15) is 5.10 Å². The molecule has 1 unspecified atom stereocenters. The Bertz CT molecular complexity index is 382. The fourth-order valence-electron chi connectivity index (χ4n) is 2.88. The molecule has 1 aromatic heterocycles. The lowest BCUT2D eigenvalue weighted by Crippen LogP contribution is -2.34. The van der Waals surface area contributed by atoms with Crippen molar-refractivity contribution in [3.8, 4) is 0 Å². The molecule has 1 aliphatic rings. The first-order valence-corrected chi connectivity index (χ1v) is 7.55. The predicted molar refractivity (Wildman–Crippen MR) is 76.9 cm³/mol. The van der Waals surface area contributed by atoms with Gasteiger partial charge in [-0.25, -0.2) is 0 Å². The van der Waals surface area contributed by atoms with Crippen molar-refractivity contribution in [3.63, 3.8) is 0 Å². The van der Waals surface area contributed by atoms with Crippen LogP contribution in [-0.4, -0.2) is 28.0 Å². The first-order valence-electron chi connectivity index (χ1n) is 7.55. The fraction of sp³-hybridized carbons (Fsp3) is 0.800. The predicted octanol–water partition coefficient (Wildman–Crippen LogP) is 2.50. The summed E-state index contributed by atoms with van der Waals surface area (Å²) in [5, 5.41) is 17.6. The molecule has 0 radical (unpaired) electrons. The Morgan fingerprint density at radius 1 is 1.47 bits per heavy atom. The molecule has 2 rings (SSSR count). The molecule has 1 fully saturated rings. The molecule has 1 atom stereocenters. The second-order valence-electron chi connectivity index (χ2n) is 6.01. The van der Waals surface area contributed by atoms with Gasteiger partial charge < -0.3 is 10.4 Å². The van der Waals surface area contributed by atoms with Gasteiger partial charge in [0.1, 0.15) is 0 Å². The summed E-state index contributed by atoms with van der Waals surface area (Å²) in [4.78, 5) is 0. The minimum Gasteiger partial charge on any atom is -0.396 e. The highest BCUT2D eigenvalue weighted by Crippen LogP contribution is 2.36. The van der Waals surface area contributed by atoms with Crippen LogP contribution in [0.2, 0.25) is 0 Å². The summed E-state index contributed by atoms with van der Waals surface area (Å²) in [5.41, 5.74) is 1.21. The average Bonchev–Trinajstić information content (AvgIpc) is 3.08. The van der Waals surface area contributed by atoms with Crippen molar-refractivity contribution >= 4 is 0 Å². The van der Waals surface area contributed by atoms with E-state index in [9.17, 15) is 5.11 Å². The van der Waals surface area contributed by atoms with Gasteiger partial charge in [-0.05, 0) is 32.3 Å². The number of aliphatic hydroxyl groups is 1. The summed E-state index contributed by atoms with van der Waals surface area (Å²) in [6.07, 6.45) is 7.97. The Labute approximate surface area is 116 Å². The standard InChI is InChI=1S/C15H27N3O/c1-3-13(2)18-9-6-14(17-18)10-16-11-15(12-19)7-4-5-8-15/h6,9,13,16,19H,3-5,7-8,10-12H2,1-2H3. The van der Waals surface area contributed by atoms with Crippen LogP contribution in [0.3, 0.4) is 0 Å². The third-order valence-electron chi connectivity index (χ3n) is 4.51. The molecule has 19 heavy (non-hydrogen) atoms. The number of nitrogens with zero attached hydrogens (tertiary/aromatic N) is 2. The maximum absolute atomic E-state index is 9.56. The van der Waals surface area contributed by atoms with E-state index in [-0.39, 0.29) is 5.41 Å². The Balaban J connectivity index is 1.80. The van der Waals surface area contributed by atoms with Gasteiger partial charge in [-0.3, -0.25) is 4.68 Å². The molecule has 4 heteroatoms. The lowest BCUT2D eigenvalue weighted by Gasteiger charge is -2.26. The number of hydrogen-bond donors (Lipinski definition) is 2. The van der Waals surface area contributed by atoms with E-state index >= 15 is 0 Å². The molecule has 4 nitrogen and oxygen atoms in total. The summed E-state index contributed by atoms with van der Waals surface area (Å²) in [6.45, 7) is 6.37. The van der Waals surface area contributed by atoms with E-state index in [2.05, 4.69) is 36.5 Å². The highest BCUT2D eigenvalue weighted by Gasteiger charge is 2.32. The molecular formula is C15H27N3O. The highest BCUT2D eigenvalue weighted by molar-refractivity contribution is 4.99. The van der Waals surface area contributed by atoms with E-state index in [1.54, 1.807) is 0 Å². The number of nitrogens with one attached hydrogen (secondary N) is 1. The largest absolute Gasteiger partial charge is 0.396 e. The molecule has 1 saturated carbocycles. The van der Waals surface area contributed by atoms with Crippen molar-refractivity contribution in [2.45, 2.75) is 58.5 Å². The van der Waals surface area contributed by atoms with Crippen molar-refractivity contribution in [2.24, 2.45) is 5.41 Å².